The smallest absolute Gasteiger partial charge is 0.308 e. The van der Waals surface area contributed by atoms with E-state index in [1.54, 1.807) is 0 Å². The van der Waals surface area contributed by atoms with Crippen LogP contribution >= 0.6 is 0 Å². The normalized spacial score (nSPS) is 37.9. The first-order chi connectivity index (χ1) is 13.8. The largest absolute Gasteiger partial charge is 0.462 e. The SMILES string of the molecule is CC[C@@H](C)C(=O)O[C@H]1C[C@H](O)C=C2C=C[C@H](C)[C@H](CC[C@@H]3C[C@@H](O)CC(=O)O3)[C@H]21. The lowest BCUT2D eigenvalue weighted by Crippen LogP contribution is -2.43. The minimum absolute atomic E-state index is 0.0237. The van der Waals surface area contributed by atoms with Crippen molar-refractivity contribution < 1.29 is 29.3 Å². The molecule has 162 valence electrons. The Balaban J connectivity index is 1.74. The molecule has 2 aliphatic carbocycles. The molecule has 0 aromatic carbocycles. The number of aliphatic hydroxyl groups excluding tert-OH is 2. The summed E-state index contributed by atoms with van der Waals surface area (Å²) in [6.45, 7) is 5.97. The molecule has 1 saturated heterocycles. The van der Waals surface area contributed by atoms with Crippen molar-refractivity contribution in [3.8, 4) is 0 Å². The first kappa shape index (κ1) is 22.0. The number of cyclic esters (lactones) is 1. The van der Waals surface area contributed by atoms with Crippen molar-refractivity contribution >= 4 is 11.9 Å². The minimum atomic E-state index is -0.630. The fourth-order valence-corrected chi connectivity index (χ4v) is 4.84. The predicted octanol–water partition coefficient (Wildman–Crippen LogP) is 2.92. The molecule has 8 atom stereocenters. The second kappa shape index (κ2) is 9.43. The highest BCUT2D eigenvalue weighted by atomic mass is 16.6. The number of fused-ring (bicyclic) bond motifs is 1. The van der Waals surface area contributed by atoms with Gasteiger partial charge in [-0.05, 0) is 36.7 Å². The number of allylic oxidation sites excluding steroid dienone is 2. The van der Waals surface area contributed by atoms with Gasteiger partial charge in [-0.15, -0.1) is 0 Å². The summed E-state index contributed by atoms with van der Waals surface area (Å²) >= 11 is 0. The molecular formula is C23H34O6. The van der Waals surface area contributed by atoms with Crippen LogP contribution in [-0.4, -0.2) is 46.6 Å². The Morgan fingerprint density at radius 2 is 2.07 bits per heavy atom. The van der Waals surface area contributed by atoms with Crippen LogP contribution in [0.15, 0.2) is 23.8 Å². The number of ether oxygens (including phenoxy) is 2. The molecule has 1 fully saturated rings. The first-order valence-corrected chi connectivity index (χ1v) is 10.9. The summed E-state index contributed by atoms with van der Waals surface area (Å²) in [6, 6.07) is 0. The van der Waals surface area contributed by atoms with E-state index < -0.39 is 12.2 Å². The van der Waals surface area contributed by atoms with Crippen LogP contribution in [0.5, 0.6) is 0 Å². The second-order valence-corrected chi connectivity index (χ2v) is 8.95. The van der Waals surface area contributed by atoms with Crippen LogP contribution in [0.2, 0.25) is 0 Å². The maximum Gasteiger partial charge on any atom is 0.308 e. The lowest BCUT2D eigenvalue weighted by Gasteiger charge is -2.43. The van der Waals surface area contributed by atoms with Crippen molar-refractivity contribution in [2.24, 2.45) is 23.7 Å². The predicted molar refractivity (Wildman–Crippen MR) is 108 cm³/mol. The number of hydrogen-bond donors (Lipinski definition) is 2. The molecule has 0 spiro atoms. The van der Waals surface area contributed by atoms with Gasteiger partial charge in [-0.2, -0.15) is 0 Å². The van der Waals surface area contributed by atoms with E-state index in [1.807, 2.05) is 26.0 Å². The van der Waals surface area contributed by atoms with Crippen molar-refractivity contribution in [3.63, 3.8) is 0 Å². The van der Waals surface area contributed by atoms with E-state index >= 15 is 0 Å². The molecule has 6 nitrogen and oxygen atoms in total. The summed E-state index contributed by atoms with van der Waals surface area (Å²) in [5.74, 6) is -0.203. The highest BCUT2D eigenvalue weighted by molar-refractivity contribution is 5.72. The molecule has 6 heteroatoms. The van der Waals surface area contributed by atoms with Gasteiger partial charge in [0.25, 0.3) is 0 Å². The molecule has 0 aromatic rings. The van der Waals surface area contributed by atoms with Gasteiger partial charge in [-0.25, -0.2) is 0 Å². The van der Waals surface area contributed by atoms with Crippen molar-refractivity contribution in [1.82, 2.24) is 0 Å². The first-order valence-electron chi connectivity index (χ1n) is 10.9. The van der Waals surface area contributed by atoms with Gasteiger partial charge in [0.2, 0.25) is 0 Å². The van der Waals surface area contributed by atoms with E-state index in [9.17, 15) is 19.8 Å². The van der Waals surface area contributed by atoms with E-state index in [4.69, 9.17) is 9.47 Å². The second-order valence-electron chi connectivity index (χ2n) is 8.95. The Bertz CT molecular complexity index is 668. The maximum atomic E-state index is 12.5. The quantitative estimate of drug-likeness (QED) is 0.659. The molecule has 29 heavy (non-hydrogen) atoms. The van der Waals surface area contributed by atoms with Gasteiger partial charge in [-0.1, -0.05) is 39.0 Å². The average molecular weight is 407 g/mol. The zero-order valence-corrected chi connectivity index (χ0v) is 17.6. The third kappa shape index (κ3) is 5.28. The van der Waals surface area contributed by atoms with E-state index in [0.717, 1.165) is 18.4 Å². The lowest BCUT2D eigenvalue weighted by molar-refractivity contribution is -0.162. The number of aliphatic hydroxyl groups is 2. The molecule has 3 aliphatic rings. The summed E-state index contributed by atoms with van der Waals surface area (Å²) in [5, 5.41) is 20.2. The molecule has 1 heterocycles. The van der Waals surface area contributed by atoms with Crippen LogP contribution in [0.1, 0.15) is 59.3 Å². The van der Waals surface area contributed by atoms with Crippen LogP contribution in [0.3, 0.4) is 0 Å². The van der Waals surface area contributed by atoms with E-state index in [-0.39, 0.29) is 54.2 Å². The molecule has 1 aliphatic heterocycles. The topological polar surface area (TPSA) is 93.1 Å². The number of rotatable bonds is 6. The van der Waals surface area contributed by atoms with E-state index in [0.29, 0.717) is 19.3 Å². The van der Waals surface area contributed by atoms with Gasteiger partial charge in [0.05, 0.1) is 24.5 Å². The third-order valence-electron chi connectivity index (χ3n) is 6.71. The van der Waals surface area contributed by atoms with Crippen molar-refractivity contribution in [3.05, 3.63) is 23.8 Å². The molecule has 3 rings (SSSR count). The molecule has 2 N–H and O–H groups in total. The van der Waals surface area contributed by atoms with Gasteiger partial charge < -0.3 is 19.7 Å². The summed E-state index contributed by atoms with van der Waals surface area (Å²) < 4.78 is 11.3. The van der Waals surface area contributed by atoms with Gasteiger partial charge in [0.15, 0.2) is 0 Å². The Kier molecular flexibility index (Phi) is 7.17. The van der Waals surface area contributed by atoms with Crippen molar-refractivity contribution in [1.29, 1.82) is 0 Å². The van der Waals surface area contributed by atoms with Gasteiger partial charge in [0, 0.05) is 18.8 Å². The zero-order chi connectivity index (χ0) is 21.1. The maximum absolute atomic E-state index is 12.5. The number of esters is 2. The molecule has 0 aromatic heterocycles. The number of carbonyl (C=O) groups is 2. The summed E-state index contributed by atoms with van der Waals surface area (Å²) in [6.07, 6.45) is 7.31. The van der Waals surface area contributed by atoms with Crippen LogP contribution in [0, 0.1) is 23.7 Å². The Labute approximate surface area is 173 Å². The standard InChI is InChI=1S/C23H34O6/c1-4-13(2)23(27)29-20-11-16(24)9-15-6-5-14(3)19(22(15)20)8-7-18-10-17(25)12-21(26)28-18/h5-6,9,13-14,16-20,22,24-25H,4,7-8,10-12H2,1-3H3/t13-,14+,16-,17-,18-,19+,20+,22+/m1/s1. The average Bonchev–Trinajstić information content (AvgIpc) is 2.65. The van der Waals surface area contributed by atoms with Crippen molar-refractivity contribution in [2.45, 2.75) is 83.7 Å². The van der Waals surface area contributed by atoms with Crippen LogP contribution in [0.25, 0.3) is 0 Å². The van der Waals surface area contributed by atoms with Gasteiger partial charge in [-0.3, -0.25) is 9.59 Å². The number of carbonyl (C=O) groups excluding carboxylic acids is 2. The van der Waals surface area contributed by atoms with Gasteiger partial charge in [0.1, 0.15) is 12.2 Å². The Hall–Kier alpha value is -1.66. The molecule has 0 saturated carbocycles. The molecular weight excluding hydrogens is 372 g/mol. The van der Waals surface area contributed by atoms with Crippen molar-refractivity contribution in [2.75, 3.05) is 0 Å². The van der Waals surface area contributed by atoms with E-state index in [1.165, 1.54) is 0 Å². The molecule has 0 unspecified atom stereocenters. The molecule has 0 amide bonds. The fraction of sp³-hybridized carbons (Fsp3) is 0.739. The third-order valence-corrected chi connectivity index (χ3v) is 6.71. The van der Waals surface area contributed by atoms with Crippen LogP contribution < -0.4 is 0 Å². The summed E-state index contributed by atoms with van der Waals surface area (Å²) in [4.78, 5) is 24.1. The Morgan fingerprint density at radius 3 is 2.76 bits per heavy atom. The van der Waals surface area contributed by atoms with E-state index in [2.05, 4.69) is 13.0 Å². The van der Waals surface area contributed by atoms with Gasteiger partial charge >= 0.3 is 11.9 Å². The fourth-order valence-electron chi connectivity index (χ4n) is 4.84. The zero-order valence-electron chi connectivity index (χ0n) is 17.6. The highest BCUT2D eigenvalue weighted by Crippen LogP contribution is 2.44. The highest BCUT2D eigenvalue weighted by Gasteiger charge is 2.42. The van der Waals surface area contributed by atoms with Crippen LogP contribution in [0.4, 0.5) is 0 Å². The lowest BCUT2D eigenvalue weighted by atomic mass is 9.66. The summed E-state index contributed by atoms with van der Waals surface area (Å²) in [7, 11) is 0. The van der Waals surface area contributed by atoms with Crippen LogP contribution in [-0.2, 0) is 19.1 Å². The summed E-state index contributed by atoms with van der Waals surface area (Å²) in [5.41, 5.74) is 1.02. The molecule has 0 bridgehead atoms. The Morgan fingerprint density at radius 1 is 1.31 bits per heavy atom. The molecule has 0 radical (unpaired) electrons. The monoisotopic (exact) mass is 406 g/mol. The number of hydrogen-bond acceptors (Lipinski definition) is 6. The minimum Gasteiger partial charge on any atom is -0.462 e.